The minimum atomic E-state index is -0.404. The van der Waals surface area contributed by atoms with Gasteiger partial charge in [0.05, 0.1) is 5.92 Å². The Morgan fingerprint density at radius 3 is 2.65 bits per heavy atom. The summed E-state index contributed by atoms with van der Waals surface area (Å²) >= 11 is 7.30. The van der Waals surface area contributed by atoms with Gasteiger partial charge in [-0.1, -0.05) is 36.8 Å². The van der Waals surface area contributed by atoms with Gasteiger partial charge in [0.2, 0.25) is 16.9 Å². The zero-order chi connectivity index (χ0) is 18.7. The lowest BCUT2D eigenvalue weighted by Crippen LogP contribution is -2.28. The van der Waals surface area contributed by atoms with E-state index in [0.29, 0.717) is 22.6 Å². The maximum Gasteiger partial charge on any atom is 0.231 e. The molecular weight excluding hydrogens is 372 g/mol. The lowest BCUT2D eigenvalue weighted by atomic mass is 10.1. The third-order valence-electron chi connectivity index (χ3n) is 4.64. The van der Waals surface area contributed by atoms with Crippen molar-refractivity contribution < 1.29 is 9.59 Å². The number of hydrogen-bond donors (Lipinski definition) is 1. The van der Waals surface area contributed by atoms with E-state index in [1.165, 1.54) is 11.3 Å². The van der Waals surface area contributed by atoms with Crippen LogP contribution >= 0.6 is 22.9 Å². The molecule has 6 nitrogen and oxygen atoms in total. The monoisotopic (exact) mass is 392 g/mol. The highest BCUT2D eigenvalue weighted by atomic mass is 35.5. The fourth-order valence-corrected chi connectivity index (χ4v) is 4.19. The molecule has 2 amide bonds. The number of hydrogen-bond acceptors (Lipinski definition) is 5. The first kappa shape index (κ1) is 18.8. The Bertz CT molecular complexity index is 789. The summed E-state index contributed by atoms with van der Waals surface area (Å²) < 4.78 is 0. The van der Waals surface area contributed by atoms with Crippen molar-refractivity contribution >= 4 is 45.6 Å². The number of carbonyl (C=O) groups excluding carboxylic acids is 2. The number of amides is 2. The van der Waals surface area contributed by atoms with Crippen LogP contribution in [-0.4, -0.2) is 28.6 Å². The molecule has 1 fully saturated rings. The van der Waals surface area contributed by atoms with E-state index in [9.17, 15) is 9.59 Å². The number of rotatable bonds is 6. The van der Waals surface area contributed by atoms with Crippen LogP contribution in [0.15, 0.2) is 24.3 Å². The second-order valence-electron chi connectivity index (χ2n) is 6.33. The molecule has 2 heterocycles. The molecule has 1 aromatic carbocycles. The van der Waals surface area contributed by atoms with Gasteiger partial charge in [-0.25, -0.2) is 0 Å². The standard InChI is InChI=1S/C18H21ClN4O2S/c1-3-11(4-2)17-21-22-18(26-17)20-16(25)12-9-15(24)23(10-12)14-7-5-13(19)6-8-14/h5-8,11-12H,3-4,9-10H2,1-2H3,(H,20,22,25). The molecule has 3 rings (SSSR count). The zero-order valence-electron chi connectivity index (χ0n) is 14.7. The maximum absolute atomic E-state index is 12.5. The molecule has 1 aliphatic rings. The summed E-state index contributed by atoms with van der Waals surface area (Å²) in [6.45, 7) is 4.58. The molecule has 0 bridgehead atoms. The van der Waals surface area contributed by atoms with E-state index in [0.717, 1.165) is 23.5 Å². The average molecular weight is 393 g/mol. The van der Waals surface area contributed by atoms with Gasteiger partial charge in [-0.2, -0.15) is 0 Å². The number of nitrogens with one attached hydrogen (secondary N) is 1. The van der Waals surface area contributed by atoms with Crippen LogP contribution in [0.4, 0.5) is 10.8 Å². The minimum Gasteiger partial charge on any atom is -0.312 e. The first-order valence-electron chi connectivity index (χ1n) is 8.72. The Morgan fingerprint density at radius 2 is 2.00 bits per heavy atom. The predicted molar refractivity (Wildman–Crippen MR) is 104 cm³/mol. The summed E-state index contributed by atoms with van der Waals surface area (Å²) in [7, 11) is 0. The van der Waals surface area contributed by atoms with Crippen molar-refractivity contribution in [1.29, 1.82) is 0 Å². The van der Waals surface area contributed by atoms with Gasteiger partial charge in [0.25, 0.3) is 0 Å². The van der Waals surface area contributed by atoms with Crippen LogP contribution in [0, 0.1) is 5.92 Å². The molecule has 1 atom stereocenters. The van der Waals surface area contributed by atoms with Crippen LogP contribution in [0.1, 0.15) is 44.0 Å². The van der Waals surface area contributed by atoms with Gasteiger partial charge in [0.15, 0.2) is 0 Å². The quantitative estimate of drug-likeness (QED) is 0.803. The Labute approximate surface area is 161 Å². The van der Waals surface area contributed by atoms with Crippen LogP contribution in [0.3, 0.4) is 0 Å². The van der Waals surface area contributed by atoms with E-state index in [1.54, 1.807) is 29.2 Å². The summed E-state index contributed by atoms with van der Waals surface area (Å²) in [4.78, 5) is 26.4. The second-order valence-corrected chi connectivity index (χ2v) is 7.78. The van der Waals surface area contributed by atoms with Gasteiger partial charge in [0.1, 0.15) is 5.01 Å². The van der Waals surface area contributed by atoms with E-state index in [4.69, 9.17) is 11.6 Å². The number of anilines is 2. The molecule has 26 heavy (non-hydrogen) atoms. The van der Waals surface area contributed by atoms with E-state index >= 15 is 0 Å². The van der Waals surface area contributed by atoms with Crippen LogP contribution in [0.25, 0.3) is 0 Å². The fourth-order valence-electron chi connectivity index (χ4n) is 3.05. The summed E-state index contributed by atoms with van der Waals surface area (Å²) in [5.74, 6) is -0.296. The third-order valence-corrected chi connectivity index (χ3v) is 5.89. The Kier molecular flexibility index (Phi) is 5.88. The lowest BCUT2D eigenvalue weighted by molar-refractivity contribution is -0.122. The van der Waals surface area contributed by atoms with Gasteiger partial charge < -0.3 is 10.2 Å². The number of benzene rings is 1. The van der Waals surface area contributed by atoms with Crippen molar-refractivity contribution in [2.75, 3.05) is 16.8 Å². The maximum atomic E-state index is 12.5. The van der Waals surface area contributed by atoms with Crippen molar-refractivity contribution in [3.05, 3.63) is 34.3 Å². The van der Waals surface area contributed by atoms with E-state index < -0.39 is 5.92 Å². The average Bonchev–Trinajstić information content (AvgIpc) is 3.24. The molecule has 1 unspecified atom stereocenters. The molecule has 1 N–H and O–H groups in total. The van der Waals surface area contributed by atoms with Crippen molar-refractivity contribution in [3.63, 3.8) is 0 Å². The first-order chi connectivity index (χ1) is 12.5. The fraction of sp³-hybridized carbons (Fsp3) is 0.444. The van der Waals surface area contributed by atoms with Crippen molar-refractivity contribution in [1.82, 2.24) is 10.2 Å². The van der Waals surface area contributed by atoms with Gasteiger partial charge in [-0.3, -0.25) is 9.59 Å². The summed E-state index contributed by atoms with van der Waals surface area (Å²) in [6.07, 6.45) is 2.17. The molecule has 1 saturated heterocycles. The molecule has 138 valence electrons. The summed E-state index contributed by atoms with van der Waals surface area (Å²) in [6, 6.07) is 7.04. The molecule has 0 aliphatic carbocycles. The van der Waals surface area contributed by atoms with Gasteiger partial charge >= 0.3 is 0 Å². The largest absolute Gasteiger partial charge is 0.312 e. The van der Waals surface area contributed by atoms with Crippen LogP contribution in [-0.2, 0) is 9.59 Å². The topological polar surface area (TPSA) is 75.2 Å². The van der Waals surface area contributed by atoms with Gasteiger partial charge in [-0.05, 0) is 37.1 Å². The highest BCUT2D eigenvalue weighted by Crippen LogP contribution is 2.30. The molecule has 1 aromatic heterocycles. The zero-order valence-corrected chi connectivity index (χ0v) is 16.3. The number of carbonyl (C=O) groups is 2. The van der Waals surface area contributed by atoms with Crippen LogP contribution in [0.2, 0.25) is 5.02 Å². The normalized spacial score (nSPS) is 17.2. The third kappa shape index (κ3) is 4.04. The lowest BCUT2D eigenvalue weighted by Gasteiger charge is -2.16. The van der Waals surface area contributed by atoms with Crippen LogP contribution < -0.4 is 10.2 Å². The van der Waals surface area contributed by atoms with E-state index in [-0.39, 0.29) is 18.2 Å². The molecule has 1 aliphatic heterocycles. The van der Waals surface area contributed by atoms with Crippen LogP contribution in [0.5, 0.6) is 0 Å². The highest BCUT2D eigenvalue weighted by molar-refractivity contribution is 7.15. The Balaban J connectivity index is 1.64. The predicted octanol–water partition coefficient (Wildman–Crippen LogP) is 4.09. The smallest absolute Gasteiger partial charge is 0.231 e. The van der Waals surface area contributed by atoms with Gasteiger partial charge in [-0.15, -0.1) is 10.2 Å². The Morgan fingerprint density at radius 1 is 1.31 bits per heavy atom. The summed E-state index contributed by atoms with van der Waals surface area (Å²) in [5, 5.41) is 13.1. The Hall–Kier alpha value is -1.99. The molecule has 8 heteroatoms. The highest BCUT2D eigenvalue weighted by Gasteiger charge is 2.35. The van der Waals surface area contributed by atoms with Crippen molar-refractivity contribution in [2.45, 2.75) is 39.0 Å². The summed E-state index contributed by atoms with van der Waals surface area (Å²) in [5.41, 5.74) is 0.752. The SMILES string of the molecule is CCC(CC)c1nnc(NC(=O)C2CC(=O)N(c3ccc(Cl)cc3)C2)s1. The van der Waals surface area contributed by atoms with E-state index in [1.807, 2.05) is 0 Å². The number of nitrogens with zero attached hydrogens (tertiary/aromatic N) is 3. The van der Waals surface area contributed by atoms with Gasteiger partial charge in [0, 0.05) is 29.6 Å². The van der Waals surface area contributed by atoms with Crippen molar-refractivity contribution in [3.8, 4) is 0 Å². The second kappa shape index (κ2) is 8.14. The molecule has 0 radical (unpaired) electrons. The van der Waals surface area contributed by atoms with Crippen molar-refractivity contribution in [2.24, 2.45) is 5.92 Å². The van der Waals surface area contributed by atoms with E-state index in [2.05, 4.69) is 29.4 Å². The molecule has 2 aromatic rings. The molecular formula is C18H21ClN4O2S. The number of aromatic nitrogens is 2. The minimum absolute atomic E-state index is 0.0672. The number of halogens is 1. The molecule has 0 spiro atoms. The first-order valence-corrected chi connectivity index (χ1v) is 9.91. The molecule has 0 saturated carbocycles.